The predicted molar refractivity (Wildman–Crippen MR) is 201 cm³/mol. The van der Waals surface area contributed by atoms with Crippen LogP contribution in [-0.2, 0) is 0 Å². The molecule has 334 valence electrons. The van der Waals surface area contributed by atoms with Crippen molar-refractivity contribution in [2.45, 2.75) is 7.43 Å². The van der Waals surface area contributed by atoms with Gasteiger partial charge in [0.05, 0.1) is 32.3 Å². The average Bonchev–Trinajstić information content (AvgIpc) is 3.23. The molecule has 5 rings (SSSR count). The molecule has 5 aromatic rings. The molecule has 0 aliphatic rings. The Balaban J connectivity index is 0.000000806. The monoisotopic (exact) mass is 1000 g/mol. The third-order valence-electron chi connectivity index (χ3n) is 9.32. The Morgan fingerprint density at radius 3 is 0.516 bits per heavy atom. The fraction of sp³-hybridized carbons (Fsp3) is 0.0244. The van der Waals surface area contributed by atoms with Crippen LogP contribution in [0.15, 0.2) is 37.4 Å². The molecule has 0 aromatic heterocycles. The van der Waals surface area contributed by atoms with E-state index in [2.05, 4.69) is 48.8 Å². The van der Waals surface area contributed by atoms with Crippen LogP contribution in [-0.4, -0.2) is 6.15 Å². The molecule has 0 saturated heterocycles. The Bertz CT molecular complexity index is 2370. The molecule has 0 bridgehead atoms. The second-order valence-electron chi connectivity index (χ2n) is 12.2. The van der Waals surface area contributed by atoms with Gasteiger partial charge in [-0.2, -0.15) is 0 Å². The molecule has 64 heavy (non-hydrogen) atoms. The van der Waals surface area contributed by atoms with Crippen molar-refractivity contribution in [2.24, 2.45) is 0 Å². The minimum absolute atomic E-state index is 0. The molecular weight excluding hydrogens is 986 g/mol. The molecule has 0 radical (unpaired) electrons. The number of hydrogen-bond donors (Lipinski definition) is 0. The van der Waals surface area contributed by atoms with Crippen molar-refractivity contribution in [1.82, 2.24) is 0 Å². The zero-order valence-corrected chi connectivity index (χ0v) is 34.5. The minimum atomic E-state index is -6.71. The Morgan fingerprint density at radius 1 is 0.266 bits per heavy atom. The van der Waals surface area contributed by atoms with Crippen molar-refractivity contribution >= 4 is 74.3 Å². The van der Waals surface area contributed by atoms with Gasteiger partial charge in [0.2, 0.25) is 0 Å². The Labute approximate surface area is 378 Å². The van der Waals surface area contributed by atoms with Crippen molar-refractivity contribution in [3.8, 4) is 0 Å². The summed E-state index contributed by atoms with van der Waals surface area (Å²) in [6, 6.07) is 0. The summed E-state index contributed by atoms with van der Waals surface area (Å²) in [7, 11) is 0. The normalized spacial score (nSPS) is 11.0. The summed E-state index contributed by atoms with van der Waals surface area (Å²) in [5.74, 6) is -53.3. The van der Waals surface area contributed by atoms with Crippen molar-refractivity contribution < 1.29 is 117 Å². The van der Waals surface area contributed by atoms with Gasteiger partial charge in [-0.05, 0) is 15.9 Å². The topological polar surface area (TPSA) is 0 Å². The van der Waals surface area contributed by atoms with Crippen LogP contribution in [0.2, 0.25) is 0 Å². The summed E-state index contributed by atoms with van der Waals surface area (Å²) in [5.41, 5.74) is -20.5. The van der Waals surface area contributed by atoms with Crippen molar-refractivity contribution in [3.05, 3.63) is 182 Å². The van der Waals surface area contributed by atoms with Crippen LogP contribution in [0.1, 0.15) is 35.2 Å². The third-order valence-corrected chi connectivity index (χ3v) is 10.0. The summed E-state index contributed by atoms with van der Waals surface area (Å²) in [6.07, 6.45) is -5.92. The summed E-state index contributed by atoms with van der Waals surface area (Å²) < 4.78 is 302. The third kappa shape index (κ3) is 8.03. The van der Waals surface area contributed by atoms with E-state index in [4.69, 9.17) is 0 Å². The van der Waals surface area contributed by atoms with Gasteiger partial charge in [-0.25, -0.2) is 87.8 Å². The first-order valence-corrected chi connectivity index (χ1v) is 16.9. The average molecular weight is 1010 g/mol. The molecule has 5 aromatic carbocycles. The van der Waals surface area contributed by atoms with Gasteiger partial charge in [0.1, 0.15) is 52.7 Å². The Kier molecular flexibility index (Phi) is 17.6. The van der Waals surface area contributed by atoms with E-state index in [9.17, 15) is 17.6 Å². The van der Waals surface area contributed by atoms with Gasteiger partial charge in [-0.3, -0.25) is 0 Å². The fourth-order valence-electron chi connectivity index (χ4n) is 6.57. The van der Waals surface area contributed by atoms with E-state index in [1.165, 1.54) is 0 Å². The molecule has 0 atom stereocenters. The number of benzene rings is 5. The first-order valence-electron chi connectivity index (χ1n) is 16.1. The van der Waals surface area contributed by atoms with E-state index >= 15 is 70.2 Å². The van der Waals surface area contributed by atoms with E-state index in [-0.39, 0.29) is 61.3 Å². The number of hydrogen-bond acceptors (Lipinski definition) is 0. The van der Waals surface area contributed by atoms with Crippen LogP contribution in [0.3, 0.4) is 0 Å². The zero-order chi connectivity index (χ0) is 47.4. The van der Waals surface area contributed by atoms with Crippen LogP contribution in [0.25, 0.3) is 30.4 Å². The quantitative estimate of drug-likeness (QED) is 0.0599. The van der Waals surface area contributed by atoms with Gasteiger partial charge in [-0.1, -0.05) is 70.7 Å². The molecule has 0 aliphatic heterocycles. The van der Waals surface area contributed by atoms with Gasteiger partial charge in [-0.15, -0.1) is 21.9 Å². The van der Waals surface area contributed by atoms with Gasteiger partial charge in [0.15, 0.2) is 69.8 Å². The van der Waals surface area contributed by atoms with Crippen molar-refractivity contribution in [3.63, 3.8) is 0 Å². The second-order valence-corrected chi connectivity index (χ2v) is 13.0. The van der Waals surface area contributed by atoms with E-state index in [0.29, 0.717) is 6.08 Å². The summed E-state index contributed by atoms with van der Waals surface area (Å²) >= 11 is 2.38. The van der Waals surface area contributed by atoms with Crippen LogP contribution in [0.5, 0.6) is 0 Å². The molecule has 0 fully saturated rings. The standard InChI is InChI=1S/C32H12BF16.C8H3BrF4.CH4.Na/c1-5-9-17(34)25(42)13(26(43)18(9)35)33(14-27(44)19(36)10(6-2)20(37)28(14)45,15-29(46)21(38)11(7-3)22(39)30(15)47)16-31(48)23(40)12(8-4)24(41)32(16)49;1-2-3-5(10)7(12)4(9)8(13)6(3)11;;/h5-8H,1-4H2;2H,1H2;1H4;/q-1;;;+1. The maximum Gasteiger partial charge on any atom is 1.00 e. The second kappa shape index (κ2) is 20.4. The molecule has 0 amide bonds. The molecule has 0 heterocycles. The maximum absolute atomic E-state index is 16.1. The predicted octanol–water partition coefficient (Wildman–Crippen LogP) is 9.15. The first-order chi connectivity index (χ1) is 28.9. The molecule has 0 unspecified atom stereocenters. The molecule has 23 heteroatoms. The Hall–Kier alpha value is -5.06. The first kappa shape index (κ1) is 55.1. The molecule has 0 N–H and O–H groups in total. The van der Waals surface area contributed by atoms with Crippen LogP contribution < -0.4 is 51.4 Å². The van der Waals surface area contributed by atoms with Crippen LogP contribution >= 0.6 is 15.9 Å². The van der Waals surface area contributed by atoms with E-state index in [1.807, 2.05) is 0 Å². The SMILES string of the molecule is C.C=Cc1c(F)c(F)c(Br)c(F)c1F.C=Cc1c(F)c(F)c([B-](c2c(F)c(F)c(C=C)c(F)c2F)(c2c(F)c(F)c(C=C)c(F)c2F)c2c(F)c(F)c(C=C)c(F)c2F)c(F)c1F.[Na+]. The molecule has 0 aliphatic carbocycles. The number of halogens is 21. The van der Waals surface area contributed by atoms with Crippen LogP contribution in [0, 0.1) is 116 Å². The summed E-state index contributed by atoms with van der Waals surface area (Å²) in [5, 5.41) is 0. The zero-order valence-electron chi connectivity index (χ0n) is 30.9. The molecule has 0 nitrogen and oxygen atoms in total. The fourth-order valence-corrected chi connectivity index (χ4v) is 6.92. The van der Waals surface area contributed by atoms with E-state index in [0.717, 1.165) is 0 Å². The minimum Gasteiger partial charge on any atom is -0.207 e. The van der Waals surface area contributed by atoms with Gasteiger partial charge in [0, 0.05) is 0 Å². The van der Waals surface area contributed by atoms with Crippen LogP contribution in [0.4, 0.5) is 87.8 Å². The number of rotatable bonds is 9. The van der Waals surface area contributed by atoms with Gasteiger partial charge < -0.3 is 0 Å². The van der Waals surface area contributed by atoms with Crippen molar-refractivity contribution in [1.29, 1.82) is 0 Å². The van der Waals surface area contributed by atoms with Gasteiger partial charge in [0.25, 0.3) is 0 Å². The molecular formula is C41H19BBrF20Na. The maximum atomic E-state index is 16.1. The Morgan fingerprint density at radius 2 is 0.391 bits per heavy atom. The largest absolute Gasteiger partial charge is 1.00 e. The van der Waals surface area contributed by atoms with E-state index in [1.54, 1.807) is 0 Å². The molecule has 0 saturated carbocycles. The van der Waals surface area contributed by atoms with Crippen molar-refractivity contribution in [2.75, 3.05) is 0 Å². The van der Waals surface area contributed by atoms with Gasteiger partial charge >= 0.3 is 29.6 Å². The smallest absolute Gasteiger partial charge is 0.207 e. The molecule has 0 spiro atoms. The summed E-state index contributed by atoms with van der Waals surface area (Å²) in [4.78, 5) is 0. The van der Waals surface area contributed by atoms with E-state index < -0.39 is 177 Å². The summed E-state index contributed by atoms with van der Waals surface area (Å²) in [6.45, 7) is 14.3.